The molecule has 6 heteroatoms. The lowest BCUT2D eigenvalue weighted by atomic mass is 10.3. The third kappa shape index (κ3) is 1.83. The van der Waals surface area contributed by atoms with Gasteiger partial charge in [-0.1, -0.05) is 0 Å². The smallest absolute Gasteiger partial charge is 0.137 e. The van der Waals surface area contributed by atoms with Crippen LogP contribution in [0.25, 0.3) is 0 Å². The second-order valence-electron chi connectivity index (χ2n) is 3.47. The maximum atomic E-state index is 5.83. The highest BCUT2D eigenvalue weighted by Crippen LogP contribution is 2.14. The Morgan fingerprint density at radius 2 is 2.13 bits per heavy atom. The van der Waals surface area contributed by atoms with E-state index in [-0.39, 0.29) is 0 Å². The molecule has 2 heterocycles. The van der Waals surface area contributed by atoms with Crippen LogP contribution in [-0.4, -0.2) is 24.5 Å². The minimum absolute atomic E-state index is 0.751. The summed E-state index contributed by atoms with van der Waals surface area (Å²) in [6.07, 6.45) is 3.21. The van der Waals surface area contributed by atoms with E-state index in [4.69, 9.17) is 5.73 Å². The van der Waals surface area contributed by atoms with Gasteiger partial charge in [0.2, 0.25) is 0 Å². The van der Waals surface area contributed by atoms with Gasteiger partial charge in [-0.3, -0.25) is 9.36 Å². The number of nitrogen functional groups attached to an aromatic ring is 1. The minimum atomic E-state index is 0.751. The number of rotatable bonds is 3. The highest BCUT2D eigenvalue weighted by molar-refractivity contribution is 5.46. The summed E-state index contributed by atoms with van der Waals surface area (Å²) in [4.78, 5) is 3.88. The second-order valence-corrected chi connectivity index (χ2v) is 3.47. The summed E-state index contributed by atoms with van der Waals surface area (Å²) < 4.78 is 3.67. The first-order valence-electron chi connectivity index (χ1n) is 4.80. The monoisotopic (exact) mass is 206 g/mol. The van der Waals surface area contributed by atoms with Crippen LogP contribution < -0.4 is 5.73 Å². The van der Waals surface area contributed by atoms with E-state index in [2.05, 4.69) is 15.2 Å². The lowest BCUT2D eigenvalue weighted by Gasteiger charge is -2.03. The molecule has 2 rings (SSSR count). The van der Waals surface area contributed by atoms with Gasteiger partial charge in [0.05, 0.1) is 30.2 Å². The fraction of sp³-hybridized carbons (Fsp3) is 0.444. The fourth-order valence-electron chi connectivity index (χ4n) is 1.47. The summed E-state index contributed by atoms with van der Waals surface area (Å²) >= 11 is 0. The summed E-state index contributed by atoms with van der Waals surface area (Å²) in [5.74, 6) is 0. The quantitative estimate of drug-likeness (QED) is 0.787. The summed E-state index contributed by atoms with van der Waals surface area (Å²) in [7, 11) is 0. The summed E-state index contributed by atoms with van der Waals surface area (Å²) in [5, 5.41) is 8.36. The van der Waals surface area contributed by atoms with Crippen molar-refractivity contribution in [2.24, 2.45) is 0 Å². The number of hydrogen-bond acceptors (Lipinski definition) is 4. The molecule has 0 fully saturated rings. The second kappa shape index (κ2) is 3.72. The first-order valence-corrected chi connectivity index (χ1v) is 4.80. The summed E-state index contributed by atoms with van der Waals surface area (Å²) in [6, 6.07) is 0. The Hall–Kier alpha value is -1.85. The molecular formula is C9H14N6. The molecule has 6 nitrogen and oxygen atoms in total. The molecule has 0 bridgehead atoms. The van der Waals surface area contributed by atoms with E-state index in [1.807, 2.05) is 18.5 Å². The zero-order chi connectivity index (χ0) is 10.8. The Balaban J connectivity index is 2.08. The van der Waals surface area contributed by atoms with Gasteiger partial charge in [0.15, 0.2) is 0 Å². The molecule has 0 saturated heterocycles. The highest BCUT2D eigenvalue weighted by Gasteiger charge is 2.07. The molecule has 0 amide bonds. The van der Waals surface area contributed by atoms with Crippen molar-refractivity contribution in [1.29, 1.82) is 0 Å². The van der Waals surface area contributed by atoms with Crippen molar-refractivity contribution >= 4 is 5.69 Å². The first kappa shape index (κ1) is 9.70. The highest BCUT2D eigenvalue weighted by atomic mass is 15.3. The predicted octanol–water partition coefficient (Wildman–Crippen LogP) is 0.374. The fourth-order valence-corrected chi connectivity index (χ4v) is 1.47. The molecule has 0 saturated carbocycles. The van der Waals surface area contributed by atoms with E-state index in [9.17, 15) is 0 Å². The average Bonchev–Trinajstić information content (AvgIpc) is 2.80. The van der Waals surface area contributed by atoms with Gasteiger partial charge in [-0.15, -0.1) is 0 Å². The molecule has 2 aromatic rings. The van der Waals surface area contributed by atoms with Crippen LogP contribution in [0.2, 0.25) is 0 Å². The molecule has 0 aliphatic heterocycles. The normalized spacial score (nSPS) is 10.8. The van der Waals surface area contributed by atoms with Gasteiger partial charge >= 0.3 is 0 Å². The Morgan fingerprint density at radius 1 is 1.33 bits per heavy atom. The van der Waals surface area contributed by atoms with Crippen LogP contribution in [0.4, 0.5) is 5.69 Å². The van der Waals surface area contributed by atoms with Gasteiger partial charge in [0, 0.05) is 0 Å². The Kier molecular flexibility index (Phi) is 2.40. The van der Waals surface area contributed by atoms with Crippen LogP contribution in [0.1, 0.15) is 11.4 Å². The molecular weight excluding hydrogens is 192 g/mol. The van der Waals surface area contributed by atoms with Crippen molar-refractivity contribution in [1.82, 2.24) is 24.5 Å². The van der Waals surface area contributed by atoms with Gasteiger partial charge in [0.25, 0.3) is 0 Å². The maximum absolute atomic E-state index is 5.83. The van der Waals surface area contributed by atoms with Crippen molar-refractivity contribution < 1.29 is 0 Å². The molecule has 0 unspecified atom stereocenters. The Labute approximate surface area is 87.7 Å². The molecule has 2 aromatic heterocycles. The number of anilines is 1. The van der Waals surface area contributed by atoms with Crippen LogP contribution >= 0.6 is 0 Å². The minimum Gasteiger partial charge on any atom is -0.396 e. The first-order chi connectivity index (χ1) is 7.18. The van der Waals surface area contributed by atoms with Crippen molar-refractivity contribution in [3.05, 3.63) is 24.0 Å². The van der Waals surface area contributed by atoms with Crippen LogP contribution in [0, 0.1) is 13.8 Å². The number of nitrogens with two attached hydrogens (primary N) is 1. The molecule has 0 aliphatic rings. The van der Waals surface area contributed by atoms with Crippen LogP contribution in [0.3, 0.4) is 0 Å². The van der Waals surface area contributed by atoms with Gasteiger partial charge in [0.1, 0.15) is 12.7 Å². The van der Waals surface area contributed by atoms with Crippen molar-refractivity contribution in [2.75, 3.05) is 5.73 Å². The van der Waals surface area contributed by atoms with E-state index < -0.39 is 0 Å². The molecule has 2 N–H and O–H groups in total. The van der Waals surface area contributed by atoms with Crippen LogP contribution in [0.5, 0.6) is 0 Å². The maximum Gasteiger partial charge on any atom is 0.137 e. The standard InChI is InChI=1S/C9H14N6/c1-7-9(10)8(2)15(13-7)4-3-14-6-11-5-12-14/h5-6H,3-4,10H2,1-2H3. The van der Waals surface area contributed by atoms with Crippen molar-refractivity contribution in [2.45, 2.75) is 26.9 Å². The predicted molar refractivity (Wildman–Crippen MR) is 56.1 cm³/mol. The average molecular weight is 206 g/mol. The van der Waals surface area contributed by atoms with Crippen molar-refractivity contribution in [3.63, 3.8) is 0 Å². The molecule has 0 radical (unpaired) electrons. The van der Waals surface area contributed by atoms with Gasteiger partial charge in [-0.05, 0) is 13.8 Å². The van der Waals surface area contributed by atoms with Gasteiger partial charge < -0.3 is 5.73 Å². The van der Waals surface area contributed by atoms with E-state index in [0.717, 1.165) is 30.2 Å². The number of aromatic nitrogens is 5. The molecule has 0 aromatic carbocycles. The lowest BCUT2D eigenvalue weighted by Crippen LogP contribution is -2.10. The lowest BCUT2D eigenvalue weighted by molar-refractivity contribution is 0.490. The third-order valence-corrected chi connectivity index (χ3v) is 2.44. The van der Waals surface area contributed by atoms with E-state index in [0.29, 0.717) is 0 Å². The molecule has 80 valence electrons. The zero-order valence-corrected chi connectivity index (χ0v) is 8.88. The molecule has 15 heavy (non-hydrogen) atoms. The molecule has 0 aliphatic carbocycles. The number of hydrogen-bond donors (Lipinski definition) is 1. The molecule has 0 atom stereocenters. The Bertz CT molecular complexity index is 441. The van der Waals surface area contributed by atoms with E-state index >= 15 is 0 Å². The van der Waals surface area contributed by atoms with Crippen LogP contribution in [0.15, 0.2) is 12.7 Å². The van der Waals surface area contributed by atoms with Crippen molar-refractivity contribution in [3.8, 4) is 0 Å². The topological polar surface area (TPSA) is 74.5 Å². The summed E-state index contributed by atoms with van der Waals surface area (Å²) in [5.41, 5.74) is 8.49. The van der Waals surface area contributed by atoms with E-state index in [1.165, 1.54) is 6.33 Å². The number of nitrogens with zero attached hydrogens (tertiary/aromatic N) is 5. The Morgan fingerprint density at radius 3 is 2.67 bits per heavy atom. The number of aryl methyl sites for hydroxylation is 3. The molecule has 0 spiro atoms. The third-order valence-electron chi connectivity index (χ3n) is 2.44. The van der Waals surface area contributed by atoms with Gasteiger partial charge in [-0.2, -0.15) is 10.2 Å². The van der Waals surface area contributed by atoms with E-state index in [1.54, 1.807) is 11.0 Å². The largest absolute Gasteiger partial charge is 0.396 e. The zero-order valence-electron chi connectivity index (χ0n) is 8.88. The summed E-state index contributed by atoms with van der Waals surface area (Å²) in [6.45, 7) is 5.39. The SMILES string of the molecule is Cc1nn(CCn2cncn2)c(C)c1N. The van der Waals surface area contributed by atoms with Crippen LogP contribution in [-0.2, 0) is 13.1 Å². The van der Waals surface area contributed by atoms with Gasteiger partial charge in [-0.25, -0.2) is 4.98 Å².